The molecule has 0 aromatic rings. The maximum Gasteiger partial charge on any atom is 0.331 e. The molecule has 0 atom stereocenters. The van der Waals surface area contributed by atoms with Gasteiger partial charge in [-0.05, 0) is 26.2 Å². The lowest BCUT2D eigenvalue weighted by Crippen LogP contribution is -2.43. The molecule has 0 aromatic heterocycles. The fourth-order valence-corrected chi connectivity index (χ4v) is 3.48. The lowest BCUT2D eigenvalue weighted by atomic mass is 11.7. The van der Waals surface area contributed by atoms with Crippen LogP contribution in [0.2, 0.25) is 26.2 Å². The van der Waals surface area contributed by atoms with Crippen molar-refractivity contribution in [3.8, 4) is 0 Å². The lowest BCUT2D eigenvalue weighted by Gasteiger charge is -2.26. The van der Waals surface area contributed by atoms with Gasteiger partial charge in [-0.1, -0.05) is 0 Å². The first-order chi connectivity index (χ1) is 5.33. The van der Waals surface area contributed by atoms with Gasteiger partial charge in [0, 0.05) is 14.2 Å². The van der Waals surface area contributed by atoms with Crippen LogP contribution in [0.4, 0.5) is 0 Å². The smallest absolute Gasteiger partial charge is 0.331 e. The Balaban J connectivity index is 3.82. The van der Waals surface area contributed by atoms with Crippen molar-refractivity contribution in [3.63, 3.8) is 0 Å². The molecule has 0 aromatic carbocycles. The summed E-state index contributed by atoms with van der Waals surface area (Å²) >= 11 is 0. The molecule has 0 radical (unpaired) electrons. The molecule has 0 amide bonds. The van der Waals surface area contributed by atoms with E-state index < -0.39 is 16.9 Å². The van der Waals surface area contributed by atoms with Gasteiger partial charge in [0.05, 0.1) is 6.23 Å². The maximum atomic E-state index is 5.69. The van der Waals surface area contributed by atoms with Crippen LogP contribution in [0, 0.1) is 0 Å². The first kappa shape index (κ1) is 12.3. The molecule has 0 aliphatic carbocycles. The van der Waals surface area contributed by atoms with E-state index in [9.17, 15) is 0 Å². The summed E-state index contributed by atoms with van der Waals surface area (Å²) < 4.78 is 16.3. The summed E-state index contributed by atoms with van der Waals surface area (Å²) in [5, 5.41) is 0. The average Bonchev–Trinajstić information content (AvgIpc) is 2.02. The number of hydrogen-bond donors (Lipinski definition) is 0. The zero-order chi connectivity index (χ0) is 9.83. The minimum Gasteiger partial charge on any atom is -0.418 e. The van der Waals surface area contributed by atoms with Gasteiger partial charge in [-0.2, -0.15) is 0 Å². The zero-order valence-corrected chi connectivity index (χ0v) is 10.9. The quantitative estimate of drug-likeness (QED) is 0.644. The Morgan fingerprint density at radius 1 is 0.917 bits per heavy atom. The third-order valence-corrected chi connectivity index (χ3v) is 5.87. The second-order valence-corrected chi connectivity index (χ2v) is 11.6. The van der Waals surface area contributed by atoms with Gasteiger partial charge in [0.2, 0.25) is 8.32 Å². The normalized spacial score (nSPS) is 13.5. The molecule has 0 bridgehead atoms. The minimum absolute atomic E-state index is 0.719. The summed E-state index contributed by atoms with van der Waals surface area (Å²) in [5.41, 5.74) is 0. The predicted octanol–water partition coefficient (Wildman–Crippen LogP) is 1.74. The van der Waals surface area contributed by atoms with Gasteiger partial charge in [-0.15, -0.1) is 0 Å². The molecule has 0 heterocycles. The van der Waals surface area contributed by atoms with Crippen molar-refractivity contribution in [2.45, 2.75) is 26.2 Å². The highest BCUT2D eigenvalue weighted by Crippen LogP contribution is 2.09. The predicted molar refractivity (Wildman–Crippen MR) is 54.9 cm³/mol. The summed E-state index contributed by atoms with van der Waals surface area (Å²) in [5.74, 6) is 0. The topological polar surface area (TPSA) is 27.7 Å². The molecule has 0 unspecified atom stereocenters. The van der Waals surface area contributed by atoms with E-state index in [-0.39, 0.29) is 0 Å². The van der Waals surface area contributed by atoms with Crippen LogP contribution in [0.25, 0.3) is 0 Å². The van der Waals surface area contributed by atoms with Gasteiger partial charge < -0.3 is 13.3 Å². The van der Waals surface area contributed by atoms with Gasteiger partial charge in [-0.3, -0.25) is 0 Å². The monoisotopic (exact) mass is 208 g/mol. The van der Waals surface area contributed by atoms with Gasteiger partial charge >= 0.3 is 8.56 Å². The number of hydrogen-bond acceptors (Lipinski definition) is 3. The molecule has 0 rings (SSSR count). The van der Waals surface area contributed by atoms with Crippen molar-refractivity contribution in [3.05, 3.63) is 0 Å². The Bertz CT molecular complexity index is 121. The standard InChI is InChI=1S/C7H20O3Si2/c1-8-11(3,4)7-10-12(5,6)9-2/h7H2,1-6H3. The van der Waals surface area contributed by atoms with Gasteiger partial charge in [0.1, 0.15) is 0 Å². The van der Waals surface area contributed by atoms with Crippen LogP contribution < -0.4 is 0 Å². The summed E-state index contributed by atoms with van der Waals surface area (Å²) in [7, 11) is 0.0295. The first-order valence-corrected chi connectivity index (χ1v) is 10.0. The fraction of sp³-hybridized carbons (Fsp3) is 1.00. The molecule has 0 aliphatic heterocycles. The van der Waals surface area contributed by atoms with Crippen molar-refractivity contribution >= 4 is 16.9 Å². The van der Waals surface area contributed by atoms with E-state index in [0.29, 0.717) is 0 Å². The Morgan fingerprint density at radius 3 is 1.75 bits per heavy atom. The van der Waals surface area contributed by atoms with Crippen LogP contribution >= 0.6 is 0 Å². The summed E-state index contributed by atoms with van der Waals surface area (Å²) in [6.45, 7) is 8.33. The second kappa shape index (κ2) is 4.52. The third kappa shape index (κ3) is 5.05. The highest BCUT2D eigenvalue weighted by molar-refractivity contribution is 6.72. The fourth-order valence-electron chi connectivity index (χ4n) is 0.465. The van der Waals surface area contributed by atoms with Gasteiger partial charge in [-0.25, -0.2) is 0 Å². The molecule has 12 heavy (non-hydrogen) atoms. The van der Waals surface area contributed by atoms with E-state index in [2.05, 4.69) is 13.1 Å². The van der Waals surface area contributed by atoms with Crippen LogP contribution in [0.1, 0.15) is 0 Å². The Morgan fingerprint density at radius 2 is 1.42 bits per heavy atom. The maximum absolute atomic E-state index is 5.69. The average molecular weight is 208 g/mol. The van der Waals surface area contributed by atoms with Crippen LogP contribution in [0.5, 0.6) is 0 Å². The molecule has 0 fully saturated rings. The Kier molecular flexibility index (Phi) is 4.64. The van der Waals surface area contributed by atoms with E-state index in [1.807, 2.05) is 13.1 Å². The van der Waals surface area contributed by atoms with E-state index in [1.54, 1.807) is 14.2 Å². The molecule has 0 N–H and O–H groups in total. The molecule has 74 valence electrons. The first-order valence-electron chi connectivity index (χ1n) is 4.07. The largest absolute Gasteiger partial charge is 0.418 e. The van der Waals surface area contributed by atoms with Crippen LogP contribution in [0.3, 0.4) is 0 Å². The van der Waals surface area contributed by atoms with E-state index >= 15 is 0 Å². The second-order valence-electron chi connectivity index (χ2n) is 3.86. The summed E-state index contributed by atoms with van der Waals surface area (Å²) in [6, 6.07) is 0. The van der Waals surface area contributed by atoms with Crippen molar-refractivity contribution in [2.24, 2.45) is 0 Å². The molecular weight excluding hydrogens is 188 g/mol. The molecule has 0 saturated heterocycles. The molecule has 0 spiro atoms. The third-order valence-electron chi connectivity index (χ3n) is 1.81. The van der Waals surface area contributed by atoms with Crippen molar-refractivity contribution in [2.75, 3.05) is 20.4 Å². The SMILES string of the molecule is CO[Si](C)(C)CO[Si](C)(C)OC. The Hall–Kier alpha value is 0.314. The van der Waals surface area contributed by atoms with E-state index in [4.69, 9.17) is 13.3 Å². The van der Waals surface area contributed by atoms with Crippen molar-refractivity contribution in [1.82, 2.24) is 0 Å². The molecule has 5 heteroatoms. The van der Waals surface area contributed by atoms with Crippen LogP contribution in [-0.2, 0) is 13.3 Å². The van der Waals surface area contributed by atoms with Crippen LogP contribution in [-0.4, -0.2) is 37.3 Å². The van der Waals surface area contributed by atoms with E-state index in [1.165, 1.54) is 0 Å². The van der Waals surface area contributed by atoms with E-state index in [0.717, 1.165) is 6.23 Å². The molecule has 0 aliphatic rings. The van der Waals surface area contributed by atoms with Crippen molar-refractivity contribution in [1.29, 1.82) is 0 Å². The van der Waals surface area contributed by atoms with Crippen molar-refractivity contribution < 1.29 is 13.3 Å². The lowest BCUT2D eigenvalue weighted by molar-refractivity contribution is 0.227. The molecular formula is C7H20O3Si2. The van der Waals surface area contributed by atoms with Gasteiger partial charge in [0.15, 0.2) is 0 Å². The molecule has 3 nitrogen and oxygen atoms in total. The number of rotatable bonds is 5. The highest BCUT2D eigenvalue weighted by atomic mass is 28.4. The van der Waals surface area contributed by atoms with Crippen LogP contribution in [0.15, 0.2) is 0 Å². The zero-order valence-electron chi connectivity index (χ0n) is 8.93. The summed E-state index contributed by atoms with van der Waals surface area (Å²) in [4.78, 5) is 0. The molecule has 0 saturated carbocycles. The van der Waals surface area contributed by atoms with Gasteiger partial charge in [0.25, 0.3) is 0 Å². The minimum atomic E-state index is -1.85. The summed E-state index contributed by atoms with van der Waals surface area (Å²) in [6.07, 6.45) is 0.719. The highest BCUT2D eigenvalue weighted by Gasteiger charge is 2.29. The Labute approximate surface area is 77.4 Å².